The van der Waals surface area contributed by atoms with Crippen LogP contribution in [0.1, 0.15) is 11.3 Å². The Hall–Kier alpha value is -2.61. The van der Waals surface area contributed by atoms with Gasteiger partial charge in [0.05, 0.1) is 5.69 Å². The molecule has 5 nitrogen and oxygen atoms in total. The summed E-state index contributed by atoms with van der Waals surface area (Å²) in [7, 11) is 0. The minimum Gasteiger partial charge on any atom is -0.487 e. The first-order chi connectivity index (χ1) is 13.2. The smallest absolute Gasteiger partial charge is 0.258 e. The lowest BCUT2D eigenvalue weighted by molar-refractivity contribution is -0.123. The van der Waals surface area contributed by atoms with E-state index >= 15 is 0 Å². The summed E-state index contributed by atoms with van der Waals surface area (Å²) in [6.07, 6.45) is 1.74. The molecule has 3 aromatic rings. The number of ether oxygens (including phenoxy) is 2. The molecule has 6 heteroatoms. The summed E-state index contributed by atoms with van der Waals surface area (Å²) in [6, 6.07) is 20.9. The van der Waals surface area contributed by atoms with E-state index in [1.165, 1.54) is 0 Å². The fraction of sp³-hybridized carbons (Fsp3) is 0.143. The average Bonchev–Trinajstić information content (AvgIpc) is 2.71. The van der Waals surface area contributed by atoms with Crippen molar-refractivity contribution in [3.05, 3.63) is 87.8 Å². The molecule has 0 spiro atoms. The lowest BCUT2D eigenvalue weighted by Gasteiger charge is -2.10. The Morgan fingerprint density at radius 2 is 1.81 bits per heavy atom. The van der Waals surface area contributed by atoms with Crippen LogP contribution in [-0.2, 0) is 17.9 Å². The molecule has 138 valence electrons. The van der Waals surface area contributed by atoms with Crippen molar-refractivity contribution in [1.29, 1.82) is 0 Å². The first-order valence-corrected chi connectivity index (χ1v) is 9.53. The zero-order chi connectivity index (χ0) is 18.9. The average molecular weight is 474 g/mol. The first kappa shape index (κ1) is 19.2. The van der Waals surface area contributed by atoms with Crippen LogP contribution in [0.2, 0.25) is 0 Å². The van der Waals surface area contributed by atoms with Crippen molar-refractivity contribution >= 4 is 28.5 Å². The van der Waals surface area contributed by atoms with Crippen molar-refractivity contribution < 1.29 is 14.3 Å². The molecule has 1 aromatic heterocycles. The van der Waals surface area contributed by atoms with Crippen molar-refractivity contribution in [2.75, 3.05) is 6.61 Å². The quantitative estimate of drug-likeness (QED) is 0.503. The molecule has 2 aromatic carbocycles. The number of amides is 1. The number of rotatable bonds is 8. The van der Waals surface area contributed by atoms with Gasteiger partial charge in [0.15, 0.2) is 6.61 Å². The highest BCUT2D eigenvalue weighted by Crippen LogP contribution is 2.15. The van der Waals surface area contributed by atoms with Gasteiger partial charge in [-0.15, -0.1) is 0 Å². The molecule has 1 amide bonds. The van der Waals surface area contributed by atoms with Crippen molar-refractivity contribution in [3.63, 3.8) is 0 Å². The van der Waals surface area contributed by atoms with E-state index in [1.807, 2.05) is 66.7 Å². The topological polar surface area (TPSA) is 60.5 Å². The second-order valence-corrected chi connectivity index (χ2v) is 7.02. The van der Waals surface area contributed by atoms with Crippen molar-refractivity contribution in [2.24, 2.45) is 0 Å². The van der Waals surface area contributed by atoms with Gasteiger partial charge in [-0.1, -0.05) is 18.2 Å². The molecular weight excluding hydrogens is 455 g/mol. The number of carbonyl (C=O) groups excluding carboxylic acids is 1. The third-order valence-electron chi connectivity index (χ3n) is 3.68. The summed E-state index contributed by atoms with van der Waals surface area (Å²) in [5, 5.41) is 2.85. The number of pyridine rings is 1. The van der Waals surface area contributed by atoms with Crippen LogP contribution in [0.5, 0.6) is 11.5 Å². The number of nitrogens with zero attached hydrogens (tertiary/aromatic N) is 1. The Bertz CT molecular complexity index is 870. The van der Waals surface area contributed by atoms with E-state index in [2.05, 4.69) is 32.9 Å². The Balaban J connectivity index is 1.44. The predicted molar refractivity (Wildman–Crippen MR) is 112 cm³/mol. The summed E-state index contributed by atoms with van der Waals surface area (Å²) in [6.45, 7) is 0.798. The van der Waals surface area contributed by atoms with Crippen LogP contribution in [0.4, 0.5) is 0 Å². The normalized spacial score (nSPS) is 10.3. The van der Waals surface area contributed by atoms with Crippen LogP contribution in [-0.4, -0.2) is 17.5 Å². The summed E-state index contributed by atoms with van der Waals surface area (Å²) in [4.78, 5) is 16.2. The van der Waals surface area contributed by atoms with Crippen LogP contribution in [0, 0.1) is 3.57 Å². The van der Waals surface area contributed by atoms with Crippen LogP contribution in [0.3, 0.4) is 0 Å². The van der Waals surface area contributed by atoms with Gasteiger partial charge in [0.2, 0.25) is 0 Å². The van der Waals surface area contributed by atoms with Crippen LogP contribution < -0.4 is 14.8 Å². The standard InChI is InChI=1S/C21H19IN2O3/c22-17-7-9-19(10-8-17)27-15-21(25)24-13-16-4-3-6-20(12-16)26-14-18-5-1-2-11-23-18/h1-12H,13-15H2,(H,24,25). The maximum atomic E-state index is 12.0. The summed E-state index contributed by atoms with van der Waals surface area (Å²) in [5.74, 6) is 1.24. The second kappa shape index (κ2) is 9.91. The van der Waals surface area contributed by atoms with Gasteiger partial charge in [-0.3, -0.25) is 9.78 Å². The van der Waals surface area contributed by atoms with E-state index in [0.717, 1.165) is 20.6 Å². The van der Waals surface area contributed by atoms with Gasteiger partial charge >= 0.3 is 0 Å². The number of aromatic nitrogens is 1. The monoisotopic (exact) mass is 474 g/mol. The molecule has 0 aliphatic heterocycles. The van der Waals surface area contributed by atoms with E-state index < -0.39 is 0 Å². The second-order valence-electron chi connectivity index (χ2n) is 5.78. The van der Waals surface area contributed by atoms with E-state index in [-0.39, 0.29) is 12.5 Å². The van der Waals surface area contributed by atoms with Crippen molar-refractivity contribution in [3.8, 4) is 11.5 Å². The van der Waals surface area contributed by atoms with E-state index in [1.54, 1.807) is 6.20 Å². The molecule has 0 radical (unpaired) electrons. The highest BCUT2D eigenvalue weighted by Gasteiger charge is 2.04. The minimum absolute atomic E-state index is 0.0174. The van der Waals surface area contributed by atoms with Crippen LogP contribution in [0.15, 0.2) is 72.9 Å². The van der Waals surface area contributed by atoms with Gasteiger partial charge in [0, 0.05) is 16.3 Å². The lowest BCUT2D eigenvalue weighted by Crippen LogP contribution is -2.28. The number of nitrogens with one attached hydrogen (secondary N) is 1. The SMILES string of the molecule is O=C(COc1ccc(I)cc1)NCc1cccc(OCc2ccccn2)c1. The molecule has 0 unspecified atom stereocenters. The first-order valence-electron chi connectivity index (χ1n) is 8.46. The lowest BCUT2D eigenvalue weighted by atomic mass is 10.2. The van der Waals surface area contributed by atoms with Gasteiger partial charge in [0.25, 0.3) is 5.91 Å². The van der Waals surface area contributed by atoms with Crippen LogP contribution >= 0.6 is 22.6 Å². The molecule has 0 saturated carbocycles. The Labute approximate surface area is 171 Å². The van der Waals surface area contributed by atoms with Crippen molar-refractivity contribution in [2.45, 2.75) is 13.2 Å². The zero-order valence-corrected chi connectivity index (χ0v) is 16.8. The third-order valence-corrected chi connectivity index (χ3v) is 4.40. The summed E-state index contributed by atoms with van der Waals surface area (Å²) in [5.41, 5.74) is 1.82. The van der Waals surface area contributed by atoms with Crippen LogP contribution in [0.25, 0.3) is 0 Å². The Kier molecular flexibility index (Phi) is 7.04. The number of carbonyl (C=O) groups is 1. The number of benzene rings is 2. The van der Waals surface area contributed by atoms with Gasteiger partial charge in [-0.25, -0.2) is 0 Å². The third kappa shape index (κ3) is 6.56. The fourth-order valence-electron chi connectivity index (χ4n) is 2.32. The van der Waals surface area contributed by atoms with E-state index in [9.17, 15) is 4.79 Å². The number of hydrogen-bond donors (Lipinski definition) is 1. The van der Waals surface area contributed by atoms with Gasteiger partial charge in [-0.2, -0.15) is 0 Å². The molecule has 0 atom stereocenters. The highest BCUT2D eigenvalue weighted by molar-refractivity contribution is 14.1. The molecule has 3 rings (SSSR count). The predicted octanol–water partition coefficient (Wildman–Crippen LogP) is 3.96. The van der Waals surface area contributed by atoms with E-state index in [0.29, 0.717) is 18.9 Å². The summed E-state index contributed by atoms with van der Waals surface area (Å²) >= 11 is 2.22. The van der Waals surface area contributed by atoms with E-state index in [4.69, 9.17) is 9.47 Å². The van der Waals surface area contributed by atoms with Crippen molar-refractivity contribution in [1.82, 2.24) is 10.3 Å². The molecule has 0 saturated heterocycles. The number of halogens is 1. The molecule has 1 N–H and O–H groups in total. The molecule has 0 fully saturated rings. The Morgan fingerprint density at radius 1 is 0.963 bits per heavy atom. The summed E-state index contributed by atoms with van der Waals surface area (Å²) < 4.78 is 12.3. The molecule has 0 aliphatic carbocycles. The zero-order valence-electron chi connectivity index (χ0n) is 14.6. The largest absolute Gasteiger partial charge is 0.487 e. The molecule has 0 bridgehead atoms. The molecular formula is C21H19IN2O3. The maximum absolute atomic E-state index is 12.0. The fourth-order valence-corrected chi connectivity index (χ4v) is 2.68. The van der Waals surface area contributed by atoms with Gasteiger partial charge in [0.1, 0.15) is 18.1 Å². The van der Waals surface area contributed by atoms with Gasteiger partial charge in [-0.05, 0) is 76.7 Å². The number of hydrogen-bond acceptors (Lipinski definition) is 4. The molecule has 1 heterocycles. The molecule has 27 heavy (non-hydrogen) atoms. The Morgan fingerprint density at radius 3 is 2.59 bits per heavy atom. The molecule has 0 aliphatic rings. The highest BCUT2D eigenvalue weighted by atomic mass is 127. The van der Waals surface area contributed by atoms with Gasteiger partial charge < -0.3 is 14.8 Å². The maximum Gasteiger partial charge on any atom is 0.258 e. The minimum atomic E-state index is -0.173.